The lowest BCUT2D eigenvalue weighted by Crippen LogP contribution is -2.37. The Morgan fingerprint density at radius 1 is 1.04 bits per heavy atom. The molecule has 0 atom stereocenters. The Morgan fingerprint density at radius 3 is 2.48 bits per heavy atom. The Labute approximate surface area is 176 Å². The molecule has 27 heavy (non-hydrogen) atoms. The molecule has 0 radical (unpaired) electrons. The van der Waals surface area contributed by atoms with Crippen LogP contribution in [0.3, 0.4) is 0 Å². The lowest BCUT2D eigenvalue weighted by Gasteiger charge is -2.13. The fraction of sp³-hybridized carbons (Fsp3) is 0.350. The lowest BCUT2D eigenvalue weighted by molar-refractivity contribution is 0.0818. The molecule has 0 aromatic heterocycles. The smallest absolute Gasteiger partial charge is 0.272 e. The molecule has 0 bridgehead atoms. The molecule has 0 aliphatic rings. The molecule has 148 valence electrons. The average Bonchev–Trinajstić information content (AvgIpc) is 2.67. The van der Waals surface area contributed by atoms with Gasteiger partial charge < -0.3 is 15.4 Å². The zero-order valence-corrected chi connectivity index (χ0v) is 17.7. The number of alkyl halides is 2. The molecule has 0 aliphatic carbocycles. The molecule has 0 saturated heterocycles. The normalized spacial score (nSPS) is 11.0. The van der Waals surface area contributed by atoms with Crippen molar-refractivity contribution in [3.63, 3.8) is 0 Å². The van der Waals surface area contributed by atoms with Gasteiger partial charge in [-0.2, -0.15) is 0 Å². The van der Waals surface area contributed by atoms with Gasteiger partial charge in [-0.05, 0) is 36.1 Å². The topological polar surface area (TPSA) is 45.7 Å². The molecule has 2 N–H and O–H groups in total. The molecule has 0 spiro atoms. The number of halogens is 3. The molecule has 0 unspecified atom stereocenters. The first-order valence-corrected chi connectivity index (χ1v) is 8.65. The maximum Gasteiger partial charge on any atom is 0.272 e. The maximum absolute atomic E-state index is 12.2. The fourth-order valence-electron chi connectivity index (χ4n) is 2.45. The Kier molecular flexibility index (Phi) is 11.4. The number of benzene rings is 2. The first kappa shape index (κ1) is 23.1. The third-order valence-electron chi connectivity index (χ3n) is 3.74. The molecule has 0 aliphatic heterocycles. The van der Waals surface area contributed by atoms with Crippen LogP contribution in [-0.2, 0) is 13.0 Å². The SMILES string of the molecule is CN=C(NCCCc1ccccc1)NCc1cccc(OCC(F)F)c1.I. The number of aliphatic imine (C=N–C) groups is 1. The van der Waals surface area contributed by atoms with Gasteiger partial charge in [-0.3, -0.25) is 4.99 Å². The summed E-state index contributed by atoms with van der Waals surface area (Å²) in [5.74, 6) is 1.15. The Hall–Kier alpha value is -1.90. The highest BCUT2D eigenvalue weighted by molar-refractivity contribution is 14.0. The van der Waals surface area contributed by atoms with Gasteiger partial charge in [-0.15, -0.1) is 24.0 Å². The Bertz CT molecular complexity index is 684. The number of hydrogen-bond acceptors (Lipinski definition) is 2. The van der Waals surface area contributed by atoms with Crippen LogP contribution in [-0.4, -0.2) is 32.6 Å². The van der Waals surface area contributed by atoms with Crippen LogP contribution in [0.25, 0.3) is 0 Å². The van der Waals surface area contributed by atoms with Crippen LogP contribution in [0.4, 0.5) is 8.78 Å². The summed E-state index contributed by atoms with van der Waals surface area (Å²) in [7, 11) is 1.72. The molecular formula is C20H26F2IN3O. The lowest BCUT2D eigenvalue weighted by atomic mass is 10.1. The van der Waals surface area contributed by atoms with Crippen molar-refractivity contribution >= 4 is 29.9 Å². The minimum absolute atomic E-state index is 0. The van der Waals surface area contributed by atoms with Crippen molar-refractivity contribution in [1.82, 2.24) is 10.6 Å². The highest BCUT2D eigenvalue weighted by Crippen LogP contribution is 2.14. The van der Waals surface area contributed by atoms with Gasteiger partial charge in [0.2, 0.25) is 0 Å². The zero-order valence-electron chi connectivity index (χ0n) is 15.3. The molecule has 4 nitrogen and oxygen atoms in total. The summed E-state index contributed by atoms with van der Waals surface area (Å²) < 4.78 is 29.5. The van der Waals surface area contributed by atoms with E-state index in [4.69, 9.17) is 4.74 Å². The van der Waals surface area contributed by atoms with Gasteiger partial charge in [0.1, 0.15) is 12.4 Å². The highest BCUT2D eigenvalue weighted by Gasteiger charge is 2.04. The fourth-order valence-corrected chi connectivity index (χ4v) is 2.45. The first-order chi connectivity index (χ1) is 12.7. The molecular weight excluding hydrogens is 463 g/mol. The molecule has 2 aromatic rings. The van der Waals surface area contributed by atoms with Crippen LogP contribution in [0, 0.1) is 0 Å². The van der Waals surface area contributed by atoms with Gasteiger partial charge in [0.05, 0.1) is 0 Å². The second-order valence-electron chi connectivity index (χ2n) is 5.79. The predicted molar refractivity (Wildman–Crippen MR) is 116 cm³/mol. The Balaban J connectivity index is 0.00000364. The van der Waals surface area contributed by atoms with Crippen LogP contribution in [0.2, 0.25) is 0 Å². The minimum atomic E-state index is -2.48. The zero-order chi connectivity index (χ0) is 18.6. The number of nitrogens with one attached hydrogen (secondary N) is 2. The van der Waals surface area contributed by atoms with Gasteiger partial charge in [0.25, 0.3) is 6.43 Å². The van der Waals surface area contributed by atoms with Crippen LogP contribution < -0.4 is 15.4 Å². The van der Waals surface area contributed by atoms with E-state index in [1.165, 1.54) is 5.56 Å². The van der Waals surface area contributed by atoms with E-state index in [0.717, 1.165) is 24.9 Å². The van der Waals surface area contributed by atoms with E-state index in [9.17, 15) is 8.78 Å². The van der Waals surface area contributed by atoms with Crippen molar-refractivity contribution < 1.29 is 13.5 Å². The Morgan fingerprint density at radius 2 is 1.78 bits per heavy atom. The van der Waals surface area contributed by atoms with Crippen molar-refractivity contribution in [3.05, 3.63) is 65.7 Å². The van der Waals surface area contributed by atoms with Gasteiger partial charge in [0, 0.05) is 20.1 Å². The second-order valence-corrected chi connectivity index (χ2v) is 5.79. The number of hydrogen-bond donors (Lipinski definition) is 2. The van der Waals surface area contributed by atoms with Crippen LogP contribution >= 0.6 is 24.0 Å². The summed E-state index contributed by atoms with van der Waals surface area (Å²) in [6, 6.07) is 17.5. The monoisotopic (exact) mass is 489 g/mol. The van der Waals surface area contributed by atoms with Crippen molar-refractivity contribution in [3.8, 4) is 5.75 Å². The van der Waals surface area contributed by atoms with Gasteiger partial charge in [0.15, 0.2) is 5.96 Å². The largest absolute Gasteiger partial charge is 0.488 e. The molecule has 2 rings (SSSR count). The molecule has 0 saturated carbocycles. The van der Waals surface area contributed by atoms with E-state index in [2.05, 4.69) is 27.8 Å². The summed E-state index contributed by atoms with van der Waals surface area (Å²) >= 11 is 0. The predicted octanol–water partition coefficient (Wildman–Crippen LogP) is 4.25. The number of ether oxygens (including phenoxy) is 1. The van der Waals surface area contributed by atoms with E-state index in [-0.39, 0.29) is 24.0 Å². The number of rotatable bonds is 9. The number of aryl methyl sites for hydroxylation is 1. The van der Waals surface area contributed by atoms with E-state index in [1.54, 1.807) is 25.2 Å². The summed E-state index contributed by atoms with van der Waals surface area (Å²) in [6.45, 7) is 0.748. The number of nitrogens with zero attached hydrogens (tertiary/aromatic N) is 1. The molecule has 7 heteroatoms. The van der Waals surface area contributed by atoms with Gasteiger partial charge >= 0.3 is 0 Å². The van der Waals surface area contributed by atoms with Crippen molar-refractivity contribution in [1.29, 1.82) is 0 Å². The third-order valence-corrected chi connectivity index (χ3v) is 3.74. The van der Waals surface area contributed by atoms with Crippen LogP contribution in [0.15, 0.2) is 59.6 Å². The standard InChI is InChI=1S/C20H25F2N3O.HI/c1-23-20(24-12-6-10-16-7-3-2-4-8-16)25-14-17-9-5-11-18(13-17)26-15-19(21)22;/h2-5,7-9,11,13,19H,6,10,12,14-15H2,1H3,(H2,23,24,25);1H. The van der Waals surface area contributed by atoms with E-state index >= 15 is 0 Å². The molecule has 0 amide bonds. The van der Waals surface area contributed by atoms with Crippen molar-refractivity contribution in [2.24, 2.45) is 4.99 Å². The van der Waals surface area contributed by atoms with Crippen molar-refractivity contribution in [2.45, 2.75) is 25.8 Å². The van der Waals surface area contributed by atoms with Gasteiger partial charge in [-0.25, -0.2) is 8.78 Å². The summed E-state index contributed by atoms with van der Waals surface area (Å²) in [6.07, 6.45) is -0.466. The molecule has 2 aromatic carbocycles. The van der Waals surface area contributed by atoms with E-state index in [1.807, 2.05) is 24.3 Å². The van der Waals surface area contributed by atoms with Crippen LogP contribution in [0.5, 0.6) is 5.75 Å². The van der Waals surface area contributed by atoms with Crippen LogP contribution in [0.1, 0.15) is 17.5 Å². The molecule has 0 fully saturated rings. The quantitative estimate of drug-likeness (QED) is 0.240. The second kappa shape index (κ2) is 13.3. The van der Waals surface area contributed by atoms with E-state index in [0.29, 0.717) is 18.3 Å². The maximum atomic E-state index is 12.2. The average molecular weight is 489 g/mol. The first-order valence-electron chi connectivity index (χ1n) is 8.65. The summed E-state index contributed by atoms with van der Waals surface area (Å²) in [5, 5.41) is 6.48. The highest BCUT2D eigenvalue weighted by atomic mass is 127. The van der Waals surface area contributed by atoms with Gasteiger partial charge in [-0.1, -0.05) is 42.5 Å². The minimum Gasteiger partial charge on any atom is -0.488 e. The summed E-state index contributed by atoms with van der Waals surface area (Å²) in [4.78, 5) is 4.19. The third kappa shape index (κ3) is 9.55. The van der Waals surface area contributed by atoms with E-state index < -0.39 is 13.0 Å². The molecule has 0 heterocycles. The number of guanidine groups is 1. The van der Waals surface area contributed by atoms with Crippen molar-refractivity contribution in [2.75, 3.05) is 20.2 Å². The summed E-state index contributed by atoms with van der Waals surface area (Å²) in [5.41, 5.74) is 2.25.